The fraction of sp³-hybridized carbons (Fsp3) is 0.200. The normalized spacial score (nSPS) is 10.3. The Labute approximate surface area is 125 Å². The average molecular weight is 336 g/mol. The number of para-hydroxylation sites is 1. The highest BCUT2D eigenvalue weighted by atomic mass is 79.9. The number of carboxylic acid groups (broad SMARTS) is 1. The summed E-state index contributed by atoms with van der Waals surface area (Å²) in [7, 11) is 0. The van der Waals surface area contributed by atoms with E-state index >= 15 is 0 Å². The van der Waals surface area contributed by atoms with Crippen molar-refractivity contribution in [3.63, 3.8) is 0 Å². The molecule has 0 aliphatic carbocycles. The van der Waals surface area contributed by atoms with Crippen LogP contribution >= 0.6 is 15.9 Å². The zero-order valence-corrected chi connectivity index (χ0v) is 12.6. The minimum atomic E-state index is -0.985. The maximum Gasteiger partial charge on any atom is 0.335 e. The molecule has 0 saturated heterocycles. The van der Waals surface area contributed by atoms with Crippen molar-refractivity contribution in [2.24, 2.45) is 0 Å². The van der Waals surface area contributed by atoms with Crippen molar-refractivity contribution in [2.75, 3.05) is 0 Å². The van der Waals surface area contributed by atoms with E-state index in [2.05, 4.69) is 20.9 Å². The van der Waals surface area contributed by atoms with Crippen LogP contribution in [0, 0.1) is 0 Å². The van der Waals surface area contributed by atoms with E-state index in [1.807, 2.05) is 25.1 Å². The molecule has 1 aromatic carbocycles. The molecule has 2 aromatic rings. The van der Waals surface area contributed by atoms with Crippen LogP contribution in [-0.4, -0.2) is 16.1 Å². The summed E-state index contributed by atoms with van der Waals surface area (Å²) < 4.78 is 6.46. The van der Waals surface area contributed by atoms with Crippen molar-refractivity contribution in [1.29, 1.82) is 0 Å². The van der Waals surface area contributed by atoms with Gasteiger partial charge in [-0.3, -0.25) is 0 Å². The van der Waals surface area contributed by atoms with Gasteiger partial charge >= 0.3 is 5.97 Å². The fourth-order valence-electron chi connectivity index (χ4n) is 1.76. The number of rotatable bonds is 5. The highest BCUT2D eigenvalue weighted by Crippen LogP contribution is 2.29. The zero-order valence-electron chi connectivity index (χ0n) is 11.0. The molecule has 1 aromatic heterocycles. The van der Waals surface area contributed by atoms with Crippen LogP contribution in [0.5, 0.6) is 11.6 Å². The van der Waals surface area contributed by atoms with Crippen molar-refractivity contribution in [3.8, 4) is 11.6 Å². The van der Waals surface area contributed by atoms with E-state index in [4.69, 9.17) is 9.84 Å². The lowest BCUT2D eigenvalue weighted by atomic mass is 10.1. The molecule has 0 atom stereocenters. The Morgan fingerprint density at radius 3 is 2.75 bits per heavy atom. The quantitative estimate of drug-likeness (QED) is 0.885. The number of halogens is 1. The number of ether oxygens (including phenoxy) is 1. The first-order valence-corrected chi connectivity index (χ1v) is 7.06. The van der Waals surface area contributed by atoms with Crippen LogP contribution in [0.3, 0.4) is 0 Å². The Kier molecular flexibility index (Phi) is 4.74. The summed E-state index contributed by atoms with van der Waals surface area (Å²) >= 11 is 3.38. The highest BCUT2D eigenvalue weighted by molar-refractivity contribution is 9.10. The van der Waals surface area contributed by atoms with Crippen LogP contribution in [-0.2, 0) is 6.42 Å². The number of carbonyl (C=O) groups is 1. The van der Waals surface area contributed by atoms with Gasteiger partial charge in [-0.25, -0.2) is 9.78 Å². The Hall–Kier alpha value is -1.88. The average Bonchev–Trinajstić information content (AvgIpc) is 2.41. The summed E-state index contributed by atoms with van der Waals surface area (Å²) in [6.45, 7) is 2.02. The van der Waals surface area contributed by atoms with Gasteiger partial charge in [0.25, 0.3) is 0 Å². The molecule has 0 aliphatic rings. The fourth-order valence-corrected chi connectivity index (χ4v) is 2.13. The number of aromatic carboxylic acids is 1. The molecule has 0 spiro atoms. The molecule has 0 amide bonds. The number of hydrogen-bond acceptors (Lipinski definition) is 3. The first kappa shape index (κ1) is 14.5. The van der Waals surface area contributed by atoms with Gasteiger partial charge in [0, 0.05) is 11.8 Å². The lowest BCUT2D eigenvalue weighted by Crippen LogP contribution is -2.02. The summed E-state index contributed by atoms with van der Waals surface area (Å²) in [6.07, 6.45) is 1.61. The second kappa shape index (κ2) is 6.52. The topological polar surface area (TPSA) is 59.4 Å². The molecule has 20 heavy (non-hydrogen) atoms. The van der Waals surface area contributed by atoms with E-state index in [0.29, 0.717) is 18.1 Å². The van der Waals surface area contributed by atoms with Gasteiger partial charge in [0.05, 0.1) is 10.0 Å². The molecule has 5 heteroatoms. The number of benzene rings is 1. The van der Waals surface area contributed by atoms with Crippen molar-refractivity contribution >= 4 is 21.9 Å². The summed E-state index contributed by atoms with van der Waals surface area (Å²) in [4.78, 5) is 15.5. The minimum Gasteiger partial charge on any atom is -0.478 e. The minimum absolute atomic E-state index is 0.186. The maximum absolute atomic E-state index is 11.1. The molecule has 0 saturated carbocycles. The van der Waals surface area contributed by atoms with Crippen LogP contribution < -0.4 is 4.74 Å². The van der Waals surface area contributed by atoms with Gasteiger partial charge in [-0.05, 0) is 40.5 Å². The summed E-state index contributed by atoms with van der Waals surface area (Å²) in [5.74, 6) is -0.0908. The molecular weight excluding hydrogens is 322 g/mol. The lowest BCUT2D eigenvalue weighted by molar-refractivity contribution is 0.0696. The first-order chi connectivity index (χ1) is 9.60. The standard InChI is InChI=1S/C15H14BrNO3/c1-2-5-11-8-10(15(18)19)9-14(17-11)20-13-7-4-3-6-12(13)16/h3-4,6-9H,2,5H2,1H3,(H,18,19). The van der Waals surface area contributed by atoms with Gasteiger partial charge in [0.2, 0.25) is 5.88 Å². The van der Waals surface area contributed by atoms with E-state index in [1.165, 1.54) is 6.07 Å². The van der Waals surface area contributed by atoms with Crippen molar-refractivity contribution in [2.45, 2.75) is 19.8 Å². The van der Waals surface area contributed by atoms with E-state index in [0.717, 1.165) is 16.6 Å². The molecule has 0 bridgehead atoms. The van der Waals surface area contributed by atoms with Crippen molar-refractivity contribution in [3.05, 3.63) is 52.1 Å². The molecule has 0 radical (unpaired) electrons. The van der Waals surface area contributed by atoms with E-state index in [1.54, 1.807) is 12.1 Å². The SMILES string of the molecule is CCCc1cc(C(=O)O)cc(Oc2ccccc2Br)n1. The molecule has 1 heterocycles. The third-order valence-electron chi connectivity index (χ3n) is 2.66. The number of pyridine rings is 1. The number of carboxylic acids is 1. The predicted molar refractivity (Wildman–Crippen MR) is 79.4 cm³/mol. The van der Waals surface area contributed by atoms with E-state index in [-0.39, 0.29) is 5.56 Å². The molecule has 0 fully saturated rings. The second-order valence-corrected chi connectivity index (χ2v) is 5.13. The molecule has 4 nitrogen and oxygen atoms in total. The number of nitrogens with zero attached hydrogens (tertiary/aromatic N) is 1. The van der Waals surface area contributed by atoms with E-state index in [9.17, 15) is 4.79 Å². The van der Waals surface area contributed by atoms with Crippen LogP contribution in [0.25, 0.3) is 0 Å². The highest BCUT2D eigenvalue weighted by Gasteiger charge is 2.10. The summed E-state index contributed by atoms with van der Waals surface area (Å²) in [5.41, 5.74) is 0.903. The largest absolute Gasteiger partial charge is 0.478 e. The molecule has 104 valence electrons. The van der Waals surface area contributed by atoms with Crippen molar-refractivity contribution < 1.29 is 14.6 Å². The van der Waals surface area contributed by atoms with Crippen LogP contribution in [0.15, 0.2) is 40.9 Å². The molecule has 0 unspecified atom stereocenters. The zero-order chi connectivity index (χ0) is 14.5. The molecule has 1 N–H and O–H groups in total. The second-order valence-electron chi connectivity index (χ2n) is 4.27. The van der Waals surface area contributed by atoms with Gasteiger partial charge in [-0.15, -0.1) is 0 Å². The summed E-state index contributed by atoms with van der Waals surface area (Å²) in [6, 6.07) is 10.4. The summed E-state index contributed by atoms with van der Waals surface area (Å²) in [5, 5.41) is 9.13. The van der Waals surface area contributed by atoms with Gasteiger partial charge in [-0.2, -0.15) is 0 Å². The van der Waals surface area contributed by atoms with Crippen LogP contribution in [0.4, 0.5) is 0 Å². The Bertz CT molecular complexity index is 628. The lowest BCUT2D eigenvalue weighted by Gasteiger charge is -2.09. The molecule has 2 rings (SSSR count). The van der Waals surface area contributed by atoms with Gasteiger partial charge < -0.3 is 9.84 Å². The first-order valence-electron chi connectivity index (χ1n) is 6.26. The third-order valence-corrected chi connectivity index (χ3v) is 3.31. The van der Waals surface area contributed by atoms with Gasteiger partial charge in [0.15, 0.2) is 0 Å². The monoisotopic (exact) mass is 335 g/mol. The molecular formula is C15H14BrNO3. The predicted octanol–water partition coefficient (Wildman–Crippen LogP) is 4.29. The number of aryl methyl sites for hydroxylation is 1. The Morgan fingerprint density at radius 2 is 2.10 bits per heavy atom. The van der Waals surface area contributed by atoms with Gasteiger partial charge in [0.1, 0.15) is 5.75 Å². The number of hydrogen-bond donors (Lipinski definition) is 1. The van der Waals surface area contributed by atoms with Gasteiger partial charge in [-0.1, -0.05) is 25.5 Å². The van der Waals surface area contributed by atoms with Crippen LogP contribution in [0.2, 0.25) is 0 Å². The number of aromatic nitrogens is 1. The van der Waals surface area contributed by atoms with Crippen LogP contribution in [0.1, 0.15) is 29.4 Å². The van der Waals surface area contributed by atoms with E-state index < -0.39 is 5.97 Å². The Morgan fingerprint density at radius 1 is 1.35 bits per heavy atom. The molecule has 0 aliphatic heterocycles. The third kappa shape index (κ3) is 3.57. The smallest absolute Gasteiger partial charge is 0.335 e. The Balaban J connectivity index is 2.35. The maximum atomic E-state index is 11.1. The van der Waals surface area contributed by atoms with Crippen molar-refractivity contribution in [1.82, 2.24) is 4.98 Å².